The first kappa shape index (κ1) is 17.0. The molecule has 0 radical (unpaired) electrons. The van der Waals surface area contributed by atoms with Crippen molar-refractivity contribution < 1.29 is 14.6 Å². The van der Waals surface area contributed by atoms with Crippen molar-refractivity contribution in [1.82, 2.24) is 4.90 Å². The van der Waals surface area contributed by atoms with Gasteiger partial charge in [0.15, 0.2) is 0 Å². The Bertz CT molecular complexity index is 515. The van der Waals surface area contributed by atoms with Gasteiger partial charge in [-0.05, 0) is 30.9 Å². The van der Waals surface area contributed by atoms with Crippen molar-refractivity contribution in [2.45, 2.75) is 52.4 Å². The van der Waals surface area contributed by atoms with Crippen LogP contribution in [0, 0.1) is 12.8 Å². The maximum Gasteiger partial charge on any atom is 0.225 e. The predicted octanol–water partition coefficient (Wildman–Crippen LogP) is 2.69. The lowest BCUT2D eigenvalue weighted by atomic mass is 9.99. The summed E-state index contributed by atoms with van der Waals surface area (Å²) in [5, 5.41) is 9.96. The Morgan fingerprint density at radius 2 is 2.09 bits per heavy atom. The van der Waals surface area contributed by atoms with Gasteiger partial charge in [0.1, 0.15) is 6.10 Å². The van der Waals surface area contributed by atoms with Crippen LogP contribution < -0.4 is 0 Å². The highest BCUT2D eigenvalue weighted by molar-refractivity contribution is 5.77. The van der Waals surface area contributed by atoms with E-state index in [1.165, 1.54) is 5.56 Å². The molecule has 1 N–H and O–H groups in total. The van der Waals surface area contributed by atoms with Crippen molar-refractivity contribution >= 4 is 5.91 Å². The third kappa shape index (κ3) is 3.87. The van der Waals surface area contributed by atoms with Crippen molar-refractivity contribution in [1.29, 1.82) is 0 Å². The quantitative estimate of drug-likeness (QED) is 0.930. The van der Waals surface area contributed by atoms with Gasteiger partial charge in [-0.3, -0.25) is 4.79 Å². The molecule has 1 aliphatic heterocycles. The van der Waals surface area contributed by atoms with E-state index in [1.807, 2.05) is 37.8 Å². The SMILES string of the molecule is Cc1ccccc1C1CN(C(=O)CC(O)C(C)C)C(C)CO1. The highest BCUT2D eigenvalue weighted by Crippen LogP contribution is 2.27. The summed E-state index contributed by atoms with van der Waals surface area (Å²) in [6.45, 7) is 8.99. The van der Waals surface area contributed by atoms with Crippen molar-refractivity contribution in [3.8, 4) is 0 Å². The van der Waals surface area contributed by atoms with Gasteiger partial charge in [-0.15, -0.1) is 0 Å². The third-order valence-corrected chi connectivity index (χ3v) is 4.44. The molecule has 3 unspecified atom stereocenters. The molecule has 1 saturated heterocycles. The van der Waals surface area contributed by atoms with Crippen LogP contribution in [0.25, 0.3) is 0 Å². The van der Waals surface area contributed by atoms with Crippen LogP contribution in [0.2, 0.25) is 0 Å². The normalized spacial score (nSPS) is 23.6. The van der Waals surface area contributed by atoms with E-state index in [0.717, 1.165) is 5.56 Å². The number of hydrogen-bond donors (Lipinski definition) is 1. The number of nitrogens with zero attached hydrogens (tertiary/aromatic N) is 1. The fourth-order valence-electron chi connectivity index (χ4n) is 2.77. The molecule has 1 aromatic rings. The van der Waals surface area contributed by atoms with E-state index in [1.54, 1.807) is 0 Å². The summed E-state index contributed by atoms with van der Waals surface area (Å²) in [6, 6.07) is 8.17. The van der Waals surface area contributed by atoms with Crippen molar-refractivity contribution in [2.24, 2.45) is 5.92 Å². The number of carbonyl (C=O) groups is 1. The fraction of sp³-hybridized carbons (Fsp3) is 0.611. The Morgan fingerprint density at radius 3 is 2.73 bits per heavy atom. The first-order chi connectivity index (χ1) is 10.4. The third-order valence-electron chi connectivity index (χ3n) is 4.44. The summed E-state index contributed by atoms with van der Waals surface area (Å²) in [5.41, 5.74) is 2.31. The average Bonchev–Trinajstić information content (AvgIpc) is 2.48. The Kier molecular flexibility index (Phi) is 5.59. The number of rotatable bonds is 4. The van der Waals surface area contributed by atoms with Crippen LogP contribution >= 0.6 is 0 Å². The number of amides is 1. The molecule has 1 amide bonds. The Labute approximate surface area is 133 Å². The van der Waals surface area contributed by atoms with Gasteiger partial charge in [-0.25, -0.2) is 0 Å². The summed E-state index contributed by atoms with van der Waals surface area (Å²) < 4.78 is 5.93. The maximum atomic E-state index is 12.5. The lowest BCUT2D eigenvalue weighted by molar-refractivity contribution is -0.147. The molecule has 0 bridgehead atoms. The molecule has 4 heteroatoms. The molecule has 0 aliphatic carbocycles. The molecular weight excluding hydrogens is 278 g/mol. The van der Waals surface area contributed by atoms with E-state index < -0.39 is 6.10 Å². The lowest BCUT2D eigenvalue weighted by Gasteiger charge is -2.39. The molecule has 1 aliphatic rings. The number of benzene rings is 1. The van der Waals surface area contributed by atoms with Gasteiger partial charge < -0.3 is 14.7 Å². The molecule has 22 heavy (non-hydrogen) atoms. The number of aliphatic hydroxyl groups is 1. The molecule has 0 spiro atoms. The number of aryl methyl sites for hydroxylation is 1. The average molecular weight is 305 g/mol. The smallest absolute Gasteiger partial charge is 0.225 e. The second-order valence-corrected chi connectivity index (χ2v) is 6.59. The minimum atomic E-state index is -0.584. The molecule has 2 rings (SSSR count). The van der Waals surface area contributed by atoms with E-state index in [0.29, 0.717) is 13.2 Å². The summed E-state index contributed by atoms with van der Waals surface area (Å²) >= 11 is 0. The zero-order valence-electron chi connectivity index (χ0n) is 14.0. The predicted molar refractivity (Wildman–Crippen MR) is 86.5 cm³/mol. The van der Waals surface area contributed by atoms with Gasteiger partial charge >= 0.3 is 0 Å². The van der Waals surface area contributed by atoms with Crippen LogP contribution in [-0.2, 0) is 9.53 Å². The number of carbonyl (C=O) groups excluding carboxylic acids is 1. The largest absolute Gasteiger partial charge is 0.392 e. The molecule has 122 valence electrons. The Morgan fingerprint density at radius 1 is 1.41 bits per heavy atom. The number of morpholine rings is 1. The van der Waals surface area contributed by atoms with Gasteiger partial charge in [-0.1, -0.05) is 38.1 Å². The zero-order valence-corrected chi connectivity index (χ0v) is 14.0. The second kappa shape index (κ2) is 7.25. The van der Waals surface area contributed by atoms with Crippen LogP contribution in [0.15, 0.2) is 24.3 Å². The first-order valence-electron chi connectivity index (χ1n) is 8.04. The van der Waals surface area contributed by atoms with E-state index in [2.05, 4.69) is 19.1 Å². The van der Waals surface area contributed by atoms with Gasteiger partial charge in [0.2, 0.25) is 5.91 Å². The minimum Gasteiger partial charge on any atom is -0.392 e. The van der Waals surface area contributed by atoms with E-state index in [9.17, 15) is 9.90 Å². The van der Waals surface area contributed by atoms with Crippen molar-refractivity contribution in [3.63, 3.8) is 0 Å². The molecule has 3 atom stereocenters. The zero-order chi connectivity index (χ0) is 16.3. The van der Waals surface area contributed by atoms with Crippen molar-refractivity contribution in [3.05, 3.63) is 35.4 Å². The van der Waals surface area contributed by atoms with Crippen LogP contribution in [0.3, 0.4) is 0 Å². The highest BCUT2D eigenvalue weighted by atomic mass is 16.5. The molecule has 4 nitrogen and oxygen atoms in total. The lowest BCUT2D eigenvalue weighted by Crippen LogP contribution is -2.49. The highest BCUT2D eigenvalue weighted by Gasteiger charge is 2.32. The fourth-order valence-corrected chi connectivity index (χ4v) is 2.77. The first-order valence-corrected chi connectivity index (χ1v) is 8.04. The second-order valence-electron chi connectivity index (χ2n) is 6.59. The van der Waals surface area contributed by atoms with Crippen LogP contribution in [0.4, 0.5) is 0 Å². The van der Waals surface area contributed by atoms with Gasteiger partial charge in [-0.2, -0.15) is 0 Å². The molecule has 0 saturated carbocycles. The summed E-state index contributed by atoms with van der Waals surface area (Å²) in [6.07, 6.45) is -0.486. The molecule has 0 aromatic heterocycles. The monoisotopic (exact) mass is 305 g/mol. The Hall–Kier alpha value is -1.39. The van der Waals surface area contributed by atoms with E-state index in [4.69, 9.17) is 4.74 Å². The minimum absolute atomic E-state index is 0.00980. The topological polar surface area (TPSA) is 49.8 Å². The molecular formula is C18H27NO3. The van der Waals surface area contributed by atoms with Gasteiger partial charge in [0.25, 0.3) is 0 Å². The van der Waals surface area contributed by atoms with Crippen LogP contribution in [-0.4, -0.2) is 41.2 Å². The number of ether oxygens (including phenoxy) is 1. The van der Waals surface area contributed by atoms with Gasteiger partial charge in [0.05, 0.1) is 31.7 Å². The van der Waals surface area contributed by atoms with Crippen LogP contribution in [0.5, 0.6) is 0 Å². The summed E-state index contributed by atoms with van der Waals surface area (Å²) in [7, 11) is 0. The van der Waals surface area contributed by atoms with Gasteiger partial charge in [0, 0.05) is 0 Å². The standard InChI is InChI=1S/C18H27NO3/c1-12(2)16(20)9-18(21)19-10-17(22-11-14(19)4)15-8-6-5-7-13(15)3/h5-8,12,14,16-17,20H,9-11H2,1-4H3. The van der Waals surface area contributed by atoms with Crippen molar-refractivity contribution in [2.75, 3.05) is 13.2 Å². The van der Waals surface area contributed by atoms with E-state index in [-0.39, 0.29) is 30.4 Å². The Balaban J connectivity index is 2.08. The number of hydrogen-bond acceptors (Lipinski definition) is 3. The molecule has 1 heterocycles. The molecule has 1 fully saturated rings. The molecule has 1 aromatic carbocycles. The van der Waals surface area contributed by atoms with Crippen LogP contribution in [0.1, 0.15) is 44.4 Å². The van der Waals surface area contributed by atoms with E-state index >= 15 is 0 Å². The summed E-state index contributed by atoms with van der Waals surface area (Å²) in [4.78, 5) is 14.3. The number of aliphatic hydroxyl groups excluding tert-OH is 1. The summed E-state index contributed by atoms with van der Waals surface area (Å²) in [5.74, 6) is 0.100. The maximum absolute atomic E-state index is 12.5.